The van der Waals surface area contributed by atoms with Crippen LogP contribution in [0.4, 0.5) is 11.4 Å². The Morgan fingerprint density at radius 1 is 0.889 bits per heavy atom. The molecule has 3 rings (SSSR count). The minimum absolute atomic E-state index is 0. The molecule has 0 amide bonds. The Labute approximate surface area is 171 Å². The van der Waals surface area contributed by atoms with Gasteiger partial charge in [0.05, 0.1) is 0 Å². The van der Waals surface area contributed by atoms with E-state index in [1.54, 1.807) is 0 Å². The van der Waals surface area contributed by atoms with Gasteiger partial charge >= 0.3 is 0 Å². The van der Waals surface area contributed by atoms with Gasteiger partial charge < -0.3 is 12.4 Å². The average Bonchev–Trinajstić information content (AvgIpc) is 3.02. The van der Waals surface area contributed by atoms with Crippen LogP contribution in [0.15, 0.2) is 30.3 Å². The van der Waals surface area contributed by atoms with Crippen molar-refractivity contribution < 1.29 is 17.0 Å². The maximum Gasteiger partial charge on any atom is 0.244 e. The van der Waals surface area contributed by atoms with Crippen LogP contribution in [-0.4, -0.2) is 24.0 Å². The molecule has 27 heavy (non-hydrogen) atoms. The highest BCUT2D eigenvalue weighted by Crippen LogP contribution is 2.36. The van der Waals surface area contributed by atoms with Gasteiger partial charge in [-0.3, -0.25) is 0 Å². The highest BCUT2D eigenvalue weighted by molar-refractivity contribution is 5.82. The van der Waals surface area contributed by atoms with Gasteiger partial charge in [0.2, 0.25) is 6.34 Å². The molecule has 0 saturated heterocycles. The number of rotatable bonds is 4. The molecule has 0 aliphatic carbocycles. The second kappa shape index (κ2) is 8.48. The summed E-state index contributed by atoms with van der Waals surface area (Å²) in [6.45, 7) is 17.9. The van der Waals surface area contributed by atoms with Crippen molar-refractivity contribution in [3.8, 4) is 0 Å². The molecule has 0 radical (unpaired) electrons. The average molecular weight is 385 g/mol. The summed E-state index contributed by atoms with van der Waals surface area (Å²) >= 11 is 0. The van der Waals surface area contributed by atoms with Crippen LogP contribution in [0.1, 0.15) is 67.3 Å². The molecular weight excluding hydrogens is 352 g/mol. The van der Waals surface area contributed by atoms with Gasteiger partial charge in [0.1, 0.15) is 24.5 Å². The fourth-order valence-electron chi connectivity index (χ4n) is 4.31. The molecule has 0 spiro atoms. The lowest BCUT2D eigenvalue weighted by Gasteiger charge is -2.20. The molecule has 0 saturated carbocycles. The van der Waals surface area contributed by atoms with Gasteiger partial charge in [-0.15, -0.1) is 0 Å². The standard InChI is InChI=1S/C24H33N2.ClH/c1-16(2)21-9-8-10-22(17(3)4)24(21)26-12-11-25(15-26)23-19(6)13-18(5)14-20(23)7;/h8-10,13-17H,11-12H2,1-7H3;1H/q+1;/p-1. The Balaban J connectivity index is 0.00000261. The molecule has 1 heterocycles. The third kappa shape index (κ3) is 4.21. The predicted octanol–water partition coefficient (Wildman–Crippen LogP) is 3.06. The first kappa shape index (κ1) is 21.5. The van der Waals surface area contributed by atoms with E-state index in [0.717, 1.165) is 13.1 Å². The smallest absolute Gasteiger partial charge is 0.244 e. The predicted molar refractivity (Wildman–Crippen MR) is 113 cm³/mol. The number of benzene rings is 2. The maximum absolute atomic E-state index is 2.48. The highest BCUT2D eigenvalue weighted by atomic mass is 35.5. The van der Waals surface area contributed by atoms with Gasteiger partial charge in [0, 0.05) is 11.1 Å². The number of hydrogen-bond donors (Lipinski definition) is 0. The Morgan fingerprint density at radius 3 is 1.89 bits per heavy atom. The van der Waals surface area contributed by atoms with Crippen LogP contribution in [-0.2, 0) is 0 Å². The number of nitrogens with zero attached hydrogens (tertiary/aromatic N) is 2. The van der Waals surface area contributed by atoms with E-state index in [-0.39, 0.29) is 12.4 Å². The minimum atomic E-state index is 0. The fourth-order valence-corrected chi connectivity index (χ4v) is 4.31. The molecule has 2 aromatic rings. The Hall–Kier alpha value is -1.80. The molecule has 146 valence electrons. The first-order valence-corrected chi connectivity index (χ1v) is 9.88. The van der Waals surface area contributed by atoms with Crippen LogP contribution in [0.25, 0.3) is 0 Å². The molecule has 1 aliphatic heterocycles. The van der Waals surface area contributed by atoms with Crippen LogP contribution in [0.3, 0.4) is 0 Å². The molecule has 2 nitrogen and oxygen atoms in total. The van der Waals surface area contributed by atoms with E-state index >= 15 is 0 Å². The van der Waals surface area contributed by atoms with Crippen molar-refractivity contribution in [3.63, 3.8) is 0 Å². The number of hydrogen-bond acceptors (Lipinski definition) is 1. The summed E-state index contributed by atoms with van der Waals surface area (Å²) in [7, 11) is 0. The number of aryl methyl sites for hydroxylation is 3. The van der Waals surface area contributed by atoms with E-state index in [2.05, 4.69) is 94.6 Å². The number of halogens is 1. The molecule has 0 unspecified atom stereocenters. The van der Waals surface area contributed by atoms with Crippen LogP contribution < -0.4 is 17.3 Å². The lowest BCUT2D eigenvalue weighted by atomic mass is 9.92. The monoisotopic (exact) mass is 384 g/mol. The number of para-hydroxylation sites is 1. The van der Waals surface area contributed by atoms with Gasteiger partial charge in [-0.2, -0.15) is 0 Å². The summed E-state index contributed by atoms with van der Waals surface area (Å²) in [5.41, 5.74) is 9.75. The Bertz CT molecular complexity index is 800. The van der Waals surface area contributed by atoms with E-state index in [0.29, 0.717) is 11.8 Å². The van der Waals surface area contributed by atoms with Gasteiger partial charge in [0.25, 0.3) is 0 Å². The topological polar surface area (TPSA) is 6.25 Å². The van der Waals surface area contributed by atoms with Crippen molar-refractivity contribution >= 4 is 17.7 Å². The van der Waals surface area contributed by atoms with Crippen molar-refractivity contribution in [2.75, 3.05) is 18.0 Å². The lowest BCUT2D eigenvalue weighted by Crippen LogP contribution is -3.00. The molecule has 3 heteroatoms. The first-order valence-electron chi connectivity index (χ1n) is 9.88. The molecule has 0 atom stereocenters. The van der Waals surface area contributed by atoms with Crippen molar-refractivity contribution in [1.82, 2.24) is 0 Å². The summed E-state index contributed by atoms with van der Waals surface area (Å²) < 4.78 is 2.44. The van der Waals surface area contributed by atoms with Crippen LogP contribution in [0.5, 0.6) is 0 Å². The third-order valence-corrected chi connectivity index (χ3v) is 5.41. The summed E-state index contributed by atoms with van der Waals surface area (Å²) in [6, 6.07) is 11.4. The highest BCUT2D eigenvalue weighted by Gasteiger charge is 2.29. The zero-order chi connectivity index (χ0) is 19.0. The van der Waals surface area contributed by atoms with Gasteiger partial charge in [0.15, 0.2) is 0 Å². The maximum atomic E-state index is 2.48. The Kier molecular flexibility index (Phi) is 6.75. The zero-order valence-corrected chi connectivity index (χ0v) is 18.6. The van der Waals surface area contributed by atoms with Gasteiger partial charge in [-0.25, -0.2) is 9.48 Å². The van der Waals surface area contributed by atoms with E-state index < -0.39 is 0 Å². The summed E-state index contributed by atoms with van der Waals surface area (Å²) in [6.07, 6.45) is 2.33. The zero-order valence-electron chi connectivity index (χ0n) is 17.8. The van der Waals surface area contributed by atoms with Crippen LogP contribution in [0, 0.1) is 20.8 Å². The lowest BCUT2D eigenvalue weighted by molar-refractivity contribution is -0.425. The van der Waals surface area contributed by atoms with E-state index in [4.69, 9.17) is 0 Å². The van der Waals surface area contributed by atoms with Crippen molar-refractivity contribution in [2.24, 2.45) is 0 Å². The third-order valence-electron chi connectivity index (χ3n) is 5.41. The summed E-state index contributed by atoms with van der Waals surface area (Å²) in [4.78, 5) is 2.48. The summed E-state index contributed by atoms with van der Waals surface area (Å²) in [5.74, 6) is 1.04. The molecule has 2 aromatic carbocycles. The molecule has 0 N–H and O–H groups in total. The molecule has 0 bridgehead atoms. The van der Waals surface area contributed by atoms with E-state index in [1.807, 2.05) is 0 Å². The van der Waals surface area contributed by atoms with Crippen LogP contribution >= 0.6 is 0 Å². The van der Waals surface area contributed by atoms with Gasteiger partial charge in [-0.1, -0.05) is 63.6 Å². The summed E-state index contributed by atoms with van der Waals surface area (Å²) in [5, 5.41) is 0. The normalized spacial score (nSPS) is 14.0. The number of anilines is 1. The van der Waals surface area contributed by atoms with E-state index in [9.17, 15) is 0 Å². The van der Waals surface area contributed by atoms with E-state index in [1.165, 1.54) is 39.2 Å². The second-order valence-electron chi connectivity index (χ2n) is 8.34. The molecular formula is C24H33ClN2. The molecule has 0 fully saturated rings. The van der Waals surface area contributed by atoms with Crippen molar-refractivity contribution in [1.29, 1.82) is 0 Å². The minimum Gasteiger partial charge on any atom is -1.00 e. The fraction of sp³-hybridized carbons (Fsp3) is 0.458. The first-order chi connectivity index (χ1) is 12.3. The molecule has 1 aliphatic rings. The van der Waals surface area contributed by atoms with Crippen molar-refractivity contribution in [3.05, 3.63) is 58.1 Å². The molecule has 0 aromatic heterocycles. The van der Waals surface area contributed by atoms with Crippen molar-refractivity contribution in [2.45, 2.75) is 60.3 Å². The van der Waals surface area contributed by atoms with Crippen LogP contribution in [0.2, 0.25) is 0 Å². The Morgan fingerprint density at radius 2 is 1.41 bits per heavy atom. The second-order valence-corrected chi connectivity index (χ2v) is 8.34. The SMILES string of the molecule is Cc1cc(C)c([N+]2=CN(c3c(C(C)C)cccc3C(C)C)CC2)c(C)c1.[Cl-]. The van der Waals surface area contributed by atoms with Gasteiger partial charge in [-0.05, 0) is 43.7 Å². The quantitative estimate of drug-likeness (QED) is 0.734. The largest absolute Gasteiger partial charge is 1.00 e.